The molecule has 1 aromatic carbocycles. The van der Waals surface area contributed by atoms with E-state index >= 15 is 0 Å². The largest absolute Gasteiger partial charge is 0.481 e. The second-order valence-electron chi connectivity index (χ2n) is 4.18. The van der Waals surface area contributed by atoms with Gasteiger partial charge in [-0.1, -0.05) is 36.0 Å². The lowest BCUT2D eigenvalue weighted by Gasteiger charge is -2.07. The number of aromatic nitrogens is 2. The van der Waals surface area contributed by atoms with Gasteiger partial charge in [0.2, 0.25) is 5.89 Å². The zero-order valence-corrected chi connectivity index (χ0v) is 11.5. The highest BCUT2D eigenvalue weighted by atomic mass is 32.2. The SMILES string of the molecule is Cc1nnc(SCc2ccc(C(C)C(=O)O)cc2)o1. The van der Waals surface area contributed by atoms with Gasteiger partial charge in [0, 0.05) is 12.7 Å². The fourth-order valence-electron chi connectivity index (χ4n) is 1.53. The van der Waals surface area contributed by atoms with Gasteiger partial charge in [-0.3, -0.25) is 4.79 Å². The first-order valence-electron chi connectivity index (χ1n) is 5.81. The van der Waals surface area contributed by atoms with Crippen molar-refractivity contribution in [3.05, 3.63) is 41.3 Å². The maximum Gasteiger partial charge on any atom is 0.310 e. The Labute approximate surface area is 115 Å². The normalized spacial score (nSPS) is 12.3. The van der Waals surface area contributed by atoms with Crippen molar-refractivity contribution in [1.29, 1.82) is 0 Å². The maximum absolute atomic E-state index is 10.9. The highest BCUT2D eigenvalue weighted by molar-refractivity contribution is 7.98. The number of benzene rings is 1. The highest BCUT2D eigenvalue weighted by Crippen LogP contribution is 2.23. The molecular weight excluding hydrogens is 264 g/mol. The first-order valence-corrected chi connectivity index (χ1v) is 6.79. The molecule has 0 saturated carbocycles. The molecule has 1 heterocycles. The molecule has 1 atom stereocenters. The lowest BCUT2D eigenvalue weighted by Crippen LogP contribution is -2.07. The molecule has 5 nitrogen and oxygen atoms in total. The minimum Gasteiger partial charge on any atom is -0.481 e. The molecule has 0 amide bonds. The number of hydrogen-bond donors (Lipinski definition) is 1. The summed E-state index contributed by atoms with van der Waals surface area (Å²) in [5.41, 5.74) is 1.89. The number of carbonyl (C=O) groups is 1. The van der Waals surface area contributed by atoms with E-state index in [0.29, 0.717) is 16.9 Å². The standard InChI is InChI=1S/C13H14N2O3S/c1-8(12(16)17)11-5-3-10(4-6-11)7-19-13-15-14-9(2)18-13/h3-6,8H,7H2,1-2H3,(H,16,17). The minimum absolute atomic E-state index is 0.486. The van der Waals surface area contributed by atoms with Crippen LogP contribution < -0.4 is 0 Å². The topological polar surface area (TPSA) is 76.2 Å². The van der Waals surface area contributed by atoms with Crippen LogP contribution in [0.25, 0.3) is 0 Å². The summed E-state index contributed by atoms with van der Waals surface area (Å²) >= 11 is 1.46. The third kappa shape index (κ3) is 3.57. The van der Waals surface area contributed by atoms with Crippen LogP contribution in [0.15, 0.2) is 33.9 Å². The summed E-state index contributed by atoms with van der Waals surface area (Å²) in [6.45, 7) is 3.42. The number of carboxylic acids is 1. The lowest BCUT2D eigenvalue weighted by molar-refractivity contribution is -0.138. The Morgan fingerprint density at radius 3 is 2.58 bits per heavy atom. The number of thioether (sulfide) groups is 1. The minimum atomic E-state index is -0.816. The lowest BCUT2D eigenvalue weighted by atomic mass is 10.0. The van der Waals surface area contributed by atoms with E-state index in [9.17, 15) is 4.79 Å². The molecule has 6 heteroatoms. The average Bonchev–Trinajstić information content (AvgIpc) is 2.82. The van der Waals surface area contributed by atoms with Crippen LogP contribution in [0.3, 0.4) is 0 Å². The van der Waals surface area contributed by atoms with Crippen LogP contribution in [0.5, 0.6) is 0 Å². The number of rotatable bonds is 5. The molecule has 0 saturated heterocycles. The Morgan fingerprint density at radius 1 is 1.37 bits per heavy atom. The van der Waals surface area contributed by atoms with E-state index in [0.717, 1.165) is 11.1 Å². The smallest absolute Gasteiger partial charge is 0.310 e. The Hall–Kier alpha value is -1.82. The summed E-state index contributed by atoms with van der Waals surface area (Å²) in [6.07, 6.45) is 0. The number of hydrogen-bond acceptors (Lipinski definition) is 5. The molecule has 1 N–H and O–H groups in total. The van der Waals surface area contributed by atoms with E-state index in [2.05, 4.69) is 10.2 Å². The molecule has 0 fully saturated rings. The Bertz CT molecular complexity index is 566. The van der Waals surface area contributed by atoms with E-state index in [4.69, 9.17) is 9.52 Å². The van der Waals surface area contributed by atoms with Gasteiger partial charge in [0.25, 0.3) is 5.22 Å². The van der Waals surface area contributed by atoms with Crippen LogP contribution in [-0.2, 0) is 10.5 Å². The Morgan fingerprint density at radius 2 is 2.05 bits per heavy atom. The van der Waals surface area contributed by atoms with Crippen molar-refractivity contribution in [2.24, 2.45) is 0 Å². The van der Waals surface area contributed by atoms with Gasteiger partial charge in [0.1, 0.15) is 0 Å². The predicted octanol–water partition coefficient (Wildman–Crippen LogP) is 2.86. The second kappa shape index (κ2) is 5.88. The Kier molecular flexibility index (Phi) is 4.21. The molecule has 0 spiro atoms. The summed E-state index contributed by atoms with van der Waals surface area (Å²) in [5, 5.41) is 17.1. The van der Waals surface area contributed by atoms with Crippen LogP contribution in [0.1, 0.15) is 29.9 Å². The first kappa shape index (κ1) is 13.6. The first-order chi connectivity index (χ1) is 9.06. The Balaban J connectivity index is 1.97. The van der Waals surface area contributed by atoms with Gasteiger partial charge in [-0.15, -0.1) is 10.2 Å². The summed E-state index contributed by atoms with van der Waals surface area (Å²) in [4.78, 5) is 10.9. The number of carboxylic acid groups (broad SMARTS) is 1. The van der Waals surface area contributed by atoms with E-state index in [1.165, 1.54) is 11.8 Å². The van der Waals surface area contributed by atoms with Gasteiger partial charge in [-0.2, -0.15) is 0 Å². The summed E-state index contributed by atoms with van der Waals surface area (Å²) in [7, 11) is 0. The summed E-state index contributed by atoms with van der Waals surface area (Å²) < 4.78 is 5.26. The van der Waals surface area contributed by atoms with Gasteiger partial charge >= 0.3 is 5.97 Å². The van der Waals surface area contributed by atoms with Crippen LogP contribution in [0, 0.1) is 6.92 Å². The highest BCUT2D eigenvalue weighted by Gasteiger charge is 2.13. The molecular formula is C13H14N2O3S. The number of nitrogens with zero attached hydrogens (tertiary/aromatic N) is 2. The van der Waals surface area contributed by atoms with Gasteiger partial charge in [-0.05, 0) is 18.1 Å². The van der Waals surface area contributed by atoms with Crippen LogP contribution in [0.2, 0.25) is 0 Å². The fraction of sp³-hybridized carbons (Fsp3) is 0.308. The second-order valence-corrected chi connectivity index (χ2v) is 5.10. The molecule has 1 unspecified atom stereocenters. The van der Waals surface area contributed by atoms with Crippen LogP contribution >= 0.6 is 11.8 Å². The van der Waals surface area contributed by atoms with E-state index in [-0.39, 0.29) is 0 Å². The third-order valence-electron chi connectivity index (χ3n) is 2.72. The van der Waals surface area contributed by atoms with Gasteiger partial charge < -0.3 is 9.52 Å². The van der Waals surface area contributed by atoms with E-state index in [1.54, 1.807) is 13.8 Å². The summed E-state index contributed by atoms with van der Waals surface area (Å²) in [5.74, 6) is -0.0412. The fourth-order valence-corrected chi connectivity index (χ4v) is 2.29. The molecule has 100 valence electrons. The summed E-state index contributed by atoms with van der Waals surface area (Å²) in [6, 6.07) is 7.53. The molecule has 0 aliphatic carbocycles. The average molecular weight is 278 g/mol. The molecule has 2 rings (SSSR count). The molecule has 0 aliphatic rings. The van der Waals surface area contributed by atoms with Gasteiger partial charge in [0.15, 0.2) is 0 Å². The van der Waals surface area contributed by atoms with Crippen molar-refractivity contribution in [2.75, 3.05) is 0 Å². The van der Waals surface area contributed by atoms with Gasteiger partial charge in [-0.25, -0.2) is 0 Å². The van der Waals surface area contributed by atoms with Crippen LogP contribution in [0.4, 0.5) is 0 Å². The molecule has 1 aromatic heterocycles. The predicted molar refractivity (Wildman–Crippen MR) is 71.1 cm³/mol. The van der Waals surface area contributed by atoms with Crippen molar-refractivity contribution in [2.45, 2.75) is 30.7 Å². The molecule has 19 heavy (non-hydrogen) atoms. The zero-order chi connectivity index (χ0) is 13.8. The van der Waals surface area contributed by atoms with Crippen molar-refractivity contribution in [3.63, 3.8) is 0 Å². The zero-order valence-electron chi connectivity index (χ0n) is 10.7. The van der Waals surface area contributed by atoms with Gasteiger partial charge in [0.05, 0.1) is 5.92 Å². The number of aliphatic carboxylic acids is 1. The van der Waals surface area contributed by atoms with Crippen molar-refractivity contribution in [3.8, 4) is 0 Å². The quantitative estimate of drug-likeness (QED) is 0.847. The van der Waals surface area contributed by atoms with Crippen molar-refractivity contribution < 1.29 is 14.3 Å². The maximum atomic E-state index is 10.9. The van der Waals surface area contributed by atoms with Crippen LogP contribution in [-0.4, -0.2) is 21.3 Å². The van der Waals surface area contributed by atoms with E-state index in [1.807, 2.05) is 24.3 Å². The molecule has 0 bridgehead atoms. The number of aryl methyl sites for hydroxylation is 1. The monoisotopic (exact) mass is 278 g/mol. The van der Waals surface area contributed by atoms with Crippen molar-refractivity contribution in [1.82, 2.24) is 10.2 Å². The van der Waals surface area contributed by atoms with Crippen molar-refractivity contribution >= 4 is 17.7 Å². The third-order valence-corrected chi connectivity index (χ3v) is 3.61. The van der Waals surface area contributed by atoms with E-state index < -0.39 is 11.9 Å². The molecule has 0 radical (unpaired) electrons. The molecule has 0 aliphatic heterocycles. The molecule has 2 aromatic rings.